The molecule has 0 bridgehead atoms. The predicted molar refractivity (Wildman–Crippen MR) is 81.3 cm³/mol. The maximum Gasteiger partial charge on any atom is 0.0141 e. The Hall–Kier alpha value is -0.820. The number of rotatable bonds is 5. The van der Waals surface area contributed by atoms with Gasteiger partial charge in [-0.25, -0.2) is 0 Å². The van der Waals surface area contributed by atoms with Crippen LogP contribution < -0.4 is 5.32 Å². The molecule has 104 valence electrons. The summed E-state index contributed by atoms with van der Waals surface area (Å²) in [7, 11) is 0. The Morgan fingerprint density at radius 3 is 2.58 bits per heavy atom. The lowest BCUT2D eigenvalue weighted by Crippen LogP contribution is -2.34. The third-order valence-electron chi connectivity index (χ3n) is 5.19. The fraction of sp³-hybridized carbons (Fsp3) is 0.667. The number of likely N-dealkylation sites (N-methyl/N-ethyl adjacent to an activating group) is 1. The highest BCUT2D eigenvalue weighted by Crippen LogP contribution is 2.57. The van der Waals surface area contributed by atoms with Gasteiger partial charge in [-0.05, 0) is 56.0 Å². The van der Waals surface area contributed by atoms with Crippen molar-refractivity contribution in [1.29, 1.82) is 0 Å². The topological polar surface area (TPSA) is 12.0 Å². The van der Waals surface area contributed by atoms with Gasteiger partial charge in [0.2, 0.25) is 0 Å². The lowest BCUT2D eigenvalue weighted by atomic mass is 9.98. The molecule has 2 aliphatic rings. The second-order valence-corrected chi connectivity index (χ2v) is 6.55. The summed E-state index contributed by atoms with van der Waals surface area (Å²) >= 11 is 0. The number of benzene rings is 1. The van der Waals surface area contributed by atoms with E-state index in [0.29, 0.717) is 6.04 Å². The number of nitrogens with one attached hydrogen (secondary N) is 1. The van der Waals surface area contributed by atoms with Gasteiger partial charge in [0.15, 0.2) is 0 Å². The second-order valence-electron chi connectivity index (χ2n) is 6.55. The van der Waals surface area contributed by atoms with Crippen LogP contribution in [0.1, 0.15) is 43.7 Å². The van der Waals surface area contributed by atoms with Gasteiger partial charge in [-0.3, -0.25) is 0 Å². The van der Waals surface area contributed by atoms with Crippen LogP contribution in [-0.4, -0.2) is 12.6 Å². The molecule has 0 heterocycles. The Bertz CT molecular complexity index is 413. The van der Waals surface area contributed by atoms with Gasteiger partial charge in [-0.2, -0.15) is 0 Å². The Morgan fingerprint density at radius 2 is 1.95 bits per heavy atom. The first-order chi connectivity index (χ1) is 9.29. The van der Waals surface area contributed by atoms with Crippen LogP contribution in [0.15, 0.2) is 24.3 Å². The zero-order chi connectivity index (χ0) is 13.2. The van der Waals surface area contributed by atoms with E-state index >= 15 is 0 Å². The highest BCUT2D eigenvalue weighted by atomic mass is 14.9. The second kappa shape index (κ2) is 5.66. The molecule has 2 saturated carbocycles. The summed E-state index contributed by atoms with van der Waals surface area (Å²) in [5, 5.41) is 3.77. The van der Waals surface area contributed by atoms with Crippen LogP contribution in [0.2, 0.25) is 0 Å². The van der Waals surface area contributed by atoms with E-state index in [4.69, 9.17) is 0 Å². The molecule has 3 unspecified atom stereocenters. The third-order valence-corrected chi connectivity index (χ3v) is 5.19. The first-order valence-electron chi connectivity index (χ1n) is 8.08. The highest BCUT2D eigenvalue weighted by Gasteiger charge is 2.53. The van der Waals surface area contributed by atoms with E-state index in [2.05, 4.69) is 43.4 Å². The number of hydrogen-bond donors (Lipinski definition) is 1. The maximum atomic E-state index is 3.77. The molecule has 1 heteroatoms. The normalized spacial score (nSPS) is 30.7. The molecule has 1 aromatic rings. The Morgan fingerprint density at radius 1 is 1.21 bits per heavy atom. The molecule has 2 aliphatic carbocycles. The largest absolute Gasteiger partial charge is 0.314 e. The molecule has 0 amide bonds. The van der Waals surface area contributed by atoms with Gasteiger partial charge in [0, 0.05) is 6.04 Å². The van der Waals surface area contributed by atoms with Crippen molar-refractivity contribution >= 4 is 0 Å². The minimum Gasteiger partial charge on any atom is -0.314 e. The zero-order valence-electron chi connectivity index (χ0n) is 12.4. The molecule has 1 N–H and O–H groups in total. The van der Waals surface area contributed by atoms with Crippen molar-refractivity contribution in [3.8, 4) is 0 Å². The molecular formula is C18H27N. The lowest BCUT2D eigenvalue weighted by molar-refractivity contribution is 0.437. The summed E-state index contributed by atoms with van der Waals surface area (Å²) in [5.74, 6) is 3.05. The van der Waals surface area contributed by atoms with Crippen molar-refractivity contribution in [1.82, 2.24) is 5.32 Å². The molecule has 0 aliphatic heterocycles. The predicted octanol–water partition coefficient (Wildman–Crippen LogP) is 3.95. The van der Waals surface area contributed by atoms with Crippen LogP contribution in [0.5, 0.6) is 0 Å². The van der Waals surface area contributed by atoms with Gasteiger partial charge in [0.1, 0.15) is 0 Å². The van der Waals surface area contributed by atoms with Crippen molar-refractivity contribution in [2.24, 2.45) is 17.8 Å². The summed E-state index contributed by atoms with van der Waals surface area (Å²) in [6.45, 7) is 5.55. The van der Waals surface area contributed by atoms with Gasteiger partial charge in [0.25, 0.3) is 0 Å². The van der Waals surface area contributed by atoms with E-state index in [1.54, 1.807) is 0 Å². The zero-order valence-corrected chi connectivity index (χ0v) is 12.4. The third kappa shape index (κ3) is 2.86. The van der Waals surface area contributed by atoms with E-state index in [0.717, 1.165) is 24.3 Å². The molecule has 1 nitrogen and oxygen atoms in total. The number of hydrogen-bond acceptors (Lipinski definition) is 1. The number of fused-ring (bicyclic) bond motifs is 1. The molecule has 19 heavy (non-hydrogen) atoms. The molecule has 3 atom stereocenters. The van der Waals surface area contributed by atoms with Crippen LogP contribution >= 0.6 is 0 Å². The molecular weight excluding hydrogens is 230 g/mol. The molecule has 2 fully saturated rings. The molecule has 3 rings (SSSR count). The van der Waals surface area contributed by atoms with Crippen LogP contribution in [-0.2, 0) is 6.42 Å². The van der Waals surface area contributed by atoms with Crippen LogP contribution in [0.25, 0.3) is 0 Å². The summed E-state index contributed by atoms with van der Waals surface area (Å²) in [6, 6.07) is 9.76. The van der Waals surface area contributed by atoms with Gasteiger partial charge in [-0.15, -0.1) is 0 Å². The summed E-state index contributed by atoms with van der Waals surface area (Å²) in [6.07, 6.45) is 7.14. The van der Waals surface area contributed by atoms with Gasteiger partial charge in [0.05, 0.1) is 0 Å². The summed E-state index contributed by atoms with van der Waals surface area (Å²) in [4.78, 5) is 0. The SMILES string of the molecule is CCNC(Cc1cccc(C)c1)C1C2CCCCC21. The fourth-order valence-corrected chi connectivity index (χ4v) is 4.34. The van der Waals surface area contributed by atoms with Crippen molar-refractivity contribution in [3.63, 3.8) is 0 Å². The standard InChI is InChI=1S/C18H27N/c1-3-19-17(12-14-8-6-7-13(2)11-14)18-15-9-4-5-10-16(15)18/h6-8,11,15-19H,3-5,9-10,12H2,1-2H3. The minimum absolute atomic E-state index is 0.708. The highest BCUT2D eigenvalue weighted by molar-refractivity contribution is 5.24. The van der Waals surface area contributed by atoms with Crippen molar-refractivity contribution < 1.29 is 0 Å². The Balaban J connectivity index is 1.68. The fourth-order valence-electron chi connectivity index (χ4n) is 4.34. The van der Waals surface area contributed by atoms with Crippen LogP contribution in [0.4, 0.5) is 0 Å². The Kier molecular flexibility index (Phi) is 3.93. The maximum absolute atomic E-state index is 3.77. The van der Waals surface area contributed by atoms with E-state index in [1.807, 2.05) is 0 Å². The Labute approximate surface area is 117 Å². The van der Waals surface area contributed by atoms with Crippen molar-refractivity contribution in [2.75, 3.05) is 6.54 Å². The quantitative estimate of drug-likeness (QED) is 0.842. The van der Waals surface area contributed by atoms with Crippen LogP contribution in [0.3, 0.4) is 0 Å². The first-order valence-corrected chi connectivity index (χ1v) is 8.08. The van der Waals surface area contributed by atoms with Crippen molar-refractivity contribution in [2.45, 2.75) is 52.0 Å². The van der Waals surface area contributed by atoms with Gasteiger partial charge in [-0.1, -0.05) is 49.6 Å². The molecule has 1 aromatic carbocycles. The van der Waals surface area contributed by atoms with Gasteiger partial charge < -0.3 is 5.32 Å². The summed E-state index contributed by atoms with van der Waals surface area (Å²) < 4.78 is 0. The monoisotopic (exact) mass is 257 g/mol. The van der Waals surface area contributed by atoms with Crippen molar-refractivity contribution in [3.05, 3.63) is 35.4 Å². The first kappa shape index (κ1) is 13.2. The van der Waals surface area contributed by atoms with E-state index < -0.39 is 0 Å². The van der Waals surface area contributed by atoms with E-state index in [9.17, 15) is 0 Å². The molecule has 0 spiro atoms. The molecule has 0 radical (unpaired) electrons. The minimum atomic E-state index is 0.708. The average Bonchev–Trinajstić information content (AvgIpc) is 3.12. The van der Waals surface area contributed by atoms with Gasteiger partial charge >= 0.3 is 0 Å². The molecule has 0 aromatic heterocycles. The smallest absolute Gasteiger partial charge is 0.0141 e. The number of aryl methyl sites for hydroxylation is 1. The average molecular weight is 257 g/mol. The molecule has 0 saturated heterocycles. The lowest BCUT2D eigenvalue weighted by Gasteiger charge is -2.19. The van der Waals surface area contributed by atoms with Crippen LogP contribution in [0, 0.1) is 24.7 Å². The van der Waals surface area contributed by atoms with E-state index in [-0.39, 0.29) is 0 Å². The van der Waals surface area contributed by atoms with E-state index in [1.165, 1.54) is 43.2 Å². The summed E-state index contributed by atoms with van der Waals surface area (Å²) in [5.41, 5.74) is 2.90.